The molecule has 0 amide bonds. The molecule has 1 saturated heterocycles. The van der Waals surface area contributed by atoms with Gasteiger partial charge in [-0.1, -0.05) is 40.5 Å². The van der Waals surface area contributed by atoms with E-state index in [4.69, 9.17) is 0 Å². The molecule has 1 aliphatic heterocycles. The number of benzene rings is 1. The molecule has 1 heterocycles. The summed E-state index contributed by atoms with van der Waals surface area (Å²) in [5.41, 5.74) is 1.40. The van der Waals surface area contributed by atoms with Gasteiger partial charge < -0.3 is 5.32 Å². The third kappa shape index (κ3) is 2.12. The normalized spacial score (nSPS) is 23.0. The summed E-state index contributed by atoms with van der Waals surface area (Å²) in [5.74, 6) is 0. The van der Waals surface area contributed by atoms with Crippen LogP contribution in [0.5, 0.6) is 0 Å². The van der Waals surface area contributed by atoms with Gasteiger partial charge in [-0.05, 0) is 31.0 Å². The van der Waals surface area contributed by atoms with Gasteiger partial charge in [0.05, 0.1) is 0 Å². The van der Waals surface area contributed by atoms with Gasteiger partial charge in [-0.3, -0.25) is 0 Å². The quantitative estimate of drug-likeness (QED) is 0.794. The largest absolute Gasteiger partial charge is 0.310 e. The Labute approximate surface area is 87.7 Å². The number of piperidine rings is 1. The Balaban J connectivity index is 2.18. The second-order valence-corrected chi connectivity index (χ2v) is 4.38. The minimum atomic E-state index is 0.560. The SMILES string of the molecule is Brc1ccccc1C1CCCCN1. The van der Waals surface area contributed by atoms with E-state index in [1.54, 1.807) is 0 Å². The van der Waals surface area contributed by atoms with Crippen LogP contribution in [-0.4, -0.2) is 6.54 Å². The maximum Gasteiger partial charge on any atom is 0.0331 e. The van der Waals surface area contributed by atoms with Gasteiger partial charge in [-0.2, -0.15) is 0 Å². The van der Waals surface area contributed by atoms with Crippen molar-refractivity contribution >= 4 is 15.9 Å². The molecular formula is C11H14BrN. The van der Waals surface area contributed by atoms with Gasteiger partial charge in [-0.15, -0.1) is 0 Å². The molecule has 1 aliphatic rings. The summed E-state index contributed by atoms with van der Waals surface area (Å²) >= 11 is 3.59. The summed E-state index contributed by atoms with van der Waals surface area (Å²) in [6, 6.07) is 9.05. The Hall–Kier alpha value is -0.340. The van der Waals surface area contributed by atoms with E-state index in [0.29, 0.717) is 6.04 Å². The van der Waals surface area contributed by atoms with E-state index in [9.17, 15) is 0 Å². The van der Waals surface area contributed by atoms with Gasteiger partial charge in [0.1, 0.15) is 0 Å². The summed E-state index contributed by atoms with van der Waals surface area (Å²) in [7, 11) is 0. The van der Waals surface area contributed by atoms with Crippen molar-refractivity contribution in [2.75, 3.05) is 6.54 Å². The fourth-order valence-electron chi connectivity index (χ4n) is 1.87. The lowest BCUT2D eigenvalue weighted by molar-refractivity contribution is 0.411. The molecule has 1 aromatic rings. The molecular weight excluding hydrogens is 226 g/mol. The van der Waals surface area contributed by atoms with Crippen molar-refractivity contribution in [3.8, 4) is 0 Å². The highest BCUT2D eigenvalue weighted by Crippen LogP contribution is 2.28. The zero-order chi connectivity index (χ0) is 9.10. The van der Waals surface area contributed by atoms with Gasteiger partial charge in [0.15, 0.2) is 0 Å². The predicted molar refractivity (Wildman–Crippen MR) is 58.7 cm³/mol. The number of rotatable bonds is 1. The van der Waals surface area contributed by atoms with E-state index in [0.717, 1.165) is 6.54 Å². The minimum Gasteiger partial charge on any atom is -0.310 e. The lowest BCUT2D eigenvalue weighted by atomic mass is 9.98. The first kappa shape index (κ1) is 9.22. The van der Waals surface area contributed by atoms with E-state index in [2.05, 4.69) is 45.5 Å². The molecule has 1 N–H and O–H groups in total. The van der Waals surface area contributed by atoms with Crippen molar-refractivity contribution in [3.63, 3.8) is 0 Å². The van der Waals surface area contributed by atoms with E-state index in [1.807, 2.05) is 0 Å². The van der Waals surface area contributed by atoms with E-state index >= 15 is 0 Å². The molecule has 70 valence electrons. The van der Waals surface area contributed by atoms with Crippen LogP contribution in [0.25, 0.3) is 0 Å². The van der Waals surface area contributed by atoms with Crippen LogP contribution in [0.4, 0.5) is 0 Å². The molecule has 2 heteroatoms. The highest BCUT2D eigenvalue weighted by atomic mass is 79.9. The van der Waals surface area contributed by atoms with Crippen molar-refractivity contribution in [1.82, 2.24) is 5.32 Å². The summed E-state index contributed by atoms with van der Waals surface area (Å²) < 4.78 is 1.23. The maximum atomic E-state index is 3.59. The molecule has 0 bridgehead atoms. The van der Waals surface area contributed by atoms with Crippen molar-refractivity contribution in [1.29, 1.82) is 0 Å². The van der Waals surface area contributed by atoms with Crippen molar-refractivity contribution in [2.45, 2.75) is 25.3 Å². The third-order valence-electron chi connectivity index (χ3n) is 2.59. The molecule has 1 aromatic carbocycles. The molecule has 0 radical (unpaired) electrons. The van der Waals surface area contributed by atoms with Crippen molar-refractivity contribution in [2.24, 2.45) is 0 Å². The first-order valence-electron chi connectivity index (χ1n) is 4.86. The van der Waals surface area contributed by atoms with Crippen LogP contribution in [0.2, 0.25) is 0 Å². The van der Waals surface area contributed by atoms with Crippen molar-refractivity contribution in [3.05, 3.63) is 34.3 Å². The summed E-state index contributed by atoms with van der Waals surface area (Å²) in [5, 5.41) is 3.55. The first-order valence-corrected chi connectivity index (χ1v) is 5.65. The monoisotopic (exact) mass is 239 g/mol. The van der Waals surface area contributed by atoms with Crippen LogP contribution in [0.15, 0.2) is 28.7 Å². The molecule has 0 aromatic heterocycles. The summed E-state index contributed by atoms with van der Waals surface area (Å²) in [4.78, 5) is 0. The second-order valence-electron chi connectivity index (χ2n) is 3.52. The molecule has 1 fully saturated rings. The lowest BCUT2D eigenvalue weighted by Gasteiger charge is -2.24. The maximum absolute atomic E-state index is 3.59. The highest BCUT2D eigenvalue weighted by Gasteiger charge is 2.15. The fourth-order valence-corrected chi connectivity index (χ4v) is 2.44. The van der Waals surface area contributed by atoms with Crippen LogP contribution in [-0.2, 0) is 0 Å². The Morgan fingerprint density at radius 1 is 1.23 bits per heavy atom. The average Bonchev–Trinajstić information content (AvgIpc) is 2.20. The molecule has 1 unspecified atom stereocenters. The molecule has 0 aliphatic carbocycles. The Morgan fingerprint density at radius 3 is 2.77 bits per heavy atom. The minimum absolute atomic E-state index is 0.560. The third-order valence-corrected chi connectivity index (χ3v) is 3.31. The number of hydrogen-bond donors (Lipinski definition) is 1. The zero-order valence-corrected chi connectivity index (χ0v) is 9.18. The highest BCUT2D eigenvalue weighted by molar-refractivity contribution is 9.10. The predicted octanol–water partition coefficient (Wildman–Crippen LogP) is 3.26. The van der Waals surface area contributed by atoms with E-state index < -0.39 is 0 Å². The van der Waals surface area contributed by atoms with Gasteiger partial charge in [0.2, 0.25) is 0 Å². The molecule has 0 spiro atoms. The summed E-state index contributed by atoms with van der Waals surface area (Å²) in [6.45, 7) is 1.16. The standard InChI is InChI=1S/C11H14BrN/c12-10-6-2-1-5-9(10)11-7-3-4-8-13-11/h1-2,5-6,11,13H,3-4,7-8H2. The van der Waals surface area contributed by atoms with Gasteiger partial charge in [0, 0.05) is 10.5 Å². The Kier molecular flexibility index (Phi) is 3.01. The van der Waals surface area contributed by atoms with E-state index in [-0.39, 0.29) is 0 Å². The first-order chi connectivity index (χ1) is 6.38. The zero-order valence-electron chi connectivity index (χ0n) is 7.59. The molecule has 1 atom stereocenters. The average molecular weight is 240 g/mol. The van der Waals surface area contributed by atoms with Crippen molar-refractivity contribution < 1.29 is 0 Å². The fraction of sp³-hybridized carbons (Fsp3) is 0.455. The molecule has 0 saturated carbocycles. The van der Waals surface area contributed by atoms with Crippen LogP contribution in [0.3, 0.4) is 0 Å². The topological polar surface area (TPSA) is 12.0 Å². The smallest absolute Gasteiger partial charge is 0.0331 e. The van der Waals surface area contributed by atoms with Gasteiger partial charge in [-0.25, -0.2) is 0 Å². The number of hydrogen-bond acceptors (Lipinski definition) is 1. The molecule has 1 nitrogen and oxygen atoms in total. The van der Waals surface area contributed by atoms with Gasteiger partial charge in [0.25, 0.3) is 0 Å². The number of nitrogens with one attached hydrogen (secondary N) is 1. The van der Waals surface area contributed by atoms with Crippen LogP contribution < -0.4 is 5.32 Å². The Bertz CT molecular complexity index is 279. The second kappa shape index (κ2) is 4.25. The van der Waals surface area contributed by atoms with Crippen LogP contribution >= 0.6 is 15.9 Å². The van der Waals surface area contributed by atoms with Gasteiger partial charge >= 0.3 is 0 Å². The van der Waals surface area contributed by atoms with Crippen LogP contribution in [0, 0.1) is 0 Å². The number of halogens is 1. The Morgan fingerprint density at radius 2 is 2.08 bits per heavy atom. The molecule has 2 rings (SSSR count). The summed E-state index contributed by atoms with van der Waals surface area (Å²) in [6.07, 6.45) is 3.93. The molecule has 13 heavy (non-hydrogen) atoms. The lowest BCUT2D eigenvalue weighted by Crippen LogP contribution is -2.26. The van der Waals surface area contributed by atoms with E-state index in [1.165, 1.54) is 29.3 Å². The van der Waals surface area contributed by atoms with Crippen LogP contribution in [0.1, 0.15) is 30.9 Å².